The highest BCUT2D eigenvalue weighted by molar-refractivity contribution is 14.0. The molecule has 8 nitrogen and oxygen atoms in total. The van der Waals surface area contributed by atoms with E-state index in [1.54, 1.807) is 26.3 Å². The van der Waals surface area contributed by atoms with Crippen LogP contribution in [0.5, 0.6) is 5.75 Å². The van der Waals surface area contributed by atoms with Crippen LogP contribution >= 0.6 is 24.0 Å². The molecule has 3 rings (SSSR count). The molecule has 2 N–H and O–H groups in total. The summed E-state index contributed by atoms with van der Waals surface area (Å²) in [5.41, 5.74) is 0.813. The van der Waals surface area contributed by atoms with E-state index in [4.69, 9.17) is 4.74 Å². The van der Waals surface area contributed by atoms with Crippen molar-refractivity contribution >= 4 is 29.9 Å². The number of benzene rings is 1. The van der Waals surface area contributed by atoms with Gasteiger partial charge in [0.05, 0.1) is 6.54 Å². The number of alkyl halides is 2. The van der Waals surface area contributed by atoms with Crippen molar-refractivity contribution in [2.45, 2.75) is 45.2 Å². The van der Waals surface area contributed by atoms with Crippen molar-refractivity contribution in [1.82, 2.24) is 25.4 Å². The van der Waals surface area contributed by atoms with Gasteiger partial charge in [0.1, 0.15) is 18.2 Å². The average Bonchev–Trinajstić information content (AvgIpc) is 3.07. The summed E-state index contributed by atoms with van der Waals surface area (Å²) in [4.78, 5) is 8.70. The lowest BCUT2D eigenvalue weighted by Crippen LogP contribution is -2.46. The molecule has 1 aromatic heterocycles. The zero-order chi connectivity index (χ0) is 19.9. The summed E-state index contributed by atoms with van der Waals surface area (Å²) in [5, 5.41) is 11.0. The molecule has 0 radical (unpaired) electrons. The number of aryl methyl sites for hydroxylation is 1. The van der Waals surface area contributed by atoms with Gasteiger partial charge in [-0.1, -0.05) is 12.1 Å². The van der Waals surface area contributed by atoms with Crippen LogP contribution in [0.2, 0.25) is 0 Å². The minimum Gasteiger partial charge on any atom is -0.435 e. The lowest BCUT2D eigenvalue weighted by atomic mass is 10.1. The summed E-state index contributed by atoms with van der Waals surface area (Å²) < 4.78 is 36.1. The van der Waals surface area contributed by atoms with E-state index in [0.717, 1.165) is 24.2 Å². The van der Waals surface area contributed by atoms with Gasteiger partial charge in [-0.25, -0.2) is 9.67 Å². The van der Waals surface area contributed by atoms with Crippen LogP contribution in [0.1, 0.15) is 23.6 Å². The number of hydrogen-bond acceptors (Lipinski definition) is 5. The maximum absolute atomic E-state index is 12.3. The van der Waals surface area contributed by atoms with E-state index in [9.17, 15) is 8.78 Å². The van der Waals surface area contributed by atoms with Crippen LogP contribution in [0.3, 0.4) is 0 Å². The normalized spacial score (nSPS) is 16.2. The quantitative estimate of drug-likeness (QED) is 0.330. The van der Waals surface area contributed by atoms with Crippen LogP contribution in [0, 0.1) is 0 Å². The number of rotatable bonds is 7. The number of halogens is 3. The maximum Gasteiger partial charge on any atom is 0.387 e. The Balaban J connectivity index is 0.00000300. The summed E-state index contributed by atoms with van der Waals surface area (Å²) in [6.07, 6.45) is 1.72. The minimum absolute atomic E-state index is 0. The molecule has 2 heterocycles. The van der Waals surface area contributed by atoms with Crippen LogP contribution in [-0.2, 0) is 30.9 Å². The van der Waals surface area contributed by atoms with Crippen molar-refractivity contribution in [2.24, 2.45) is 4.99 Å². The highest BCUT2D eigenvalue weighted by Crippen LogP contribution is 2.16. The van der Waals surface area contributed by atoms with Gasteiger partial charge >= 0.3 is 6.61 Å². The van der Waals surface area contributed by atoms with Crippen LogP contribution in [0.4, 0.5) is 8.78 Å². The third-order valence-electron chi connectivity index (χ3n) is 4.32. The zero-order valence-electron chi connectivity index (χ0n) is 16.3. The molecule has 1 unspecified atom stereocenters. The maximum atomic E-state index is 12.3. The summed E-state index contributed by atoms with van der Waals surface area (Å²) in [6, 6.07) is 6.74. The van der Waals surface area contributed by atoms with Gasteiger partial charge in [0.2, 0.25) is 0 Å². The van der Waals surface area contributed by atoms with Gasteiger partial charge in [0.25, 0.3) is 0 Å². The van der Waals surface area contributed by atoms with E-state index in [1.807, 2.05) is 10.7 Å². The molecule has 0 fully saturated rings. The van der Waals surface area contributed by atoms with Crippen molar-refractivity contribution < 1.29 is 18.3 Å². The Morgan fingerprint density at radius 1 is 1.41 bits per heavy atom. The molecule has 0 saturated carbocycles. The van der Waals surface area contributed by atoms with Gasteiger partial charge in [-0.3, -0.25) is 4.99 Å². The third kappa shape index (κ3) is 6.77. The van der Waals surface area contributed by atoms with E-state index >= 15 is 0 Å². The van der Waals surface area contributed by atoms with E-state index in [2.05, 4.69) is 30.4 Å². The minimum atomic E-state index is -2.84. The molecule has 0 bridgehead atoms. The Hall–Kier alpha value is -2.02. The van der Waals surface area contributed by atoms with Gasteiger partial charge in [0, 0.05) is 33.2 Å². The number of nitrogens with zero attached hydrogens (tertiary/aromatic N) is 4. The smallest absolute Gasteiger partial charge is 0.387 e. The van der Waals surface area contributed by atoms with E-state index in [0.29, 0.717) is 31.5 Å². The molecule has 29 heavy (non-hydrogen) atoms. The SMILES string of the molecule is CN=C(NCc1cccc(OC(F)F)c1)NC1CCc2nc(COC)nn2C1.I. The molecular formula is C18H25F2IN6O2. The molecule has 1 aromatic carbocycles. The Kier molecular flexibility index (Phi) is 9.01. The standard InChI is InChI=1S/C18H24F2N6O2.HI/c1-21-18(22-9-12-4-3-5-14(8-12)28-17(19)20)23-13-6-7-16-24-15(11-27-2)25-26(16)10-13;/h3-5,8,13,17H,6-7,9-11H2,1-2H3,(H2,21,22,23);1H. The van der Waals surface area contributed by atoms with Crippen molar-refractivity contribution in [3.05, 3.63) is 41.5 Å². The van der Waals surface area contributed by atoms with Crippen LogP contribution in [-0.4, -0.2) is 47.5 Å². The lowest BCUT2D eigenvalue weighted by Gasteiger charge is -2.25. The monoisotopic (exact) mass is 522 g/mol. The number of ether oxygens (including phenoxy) is 2. The number of hydrogen-bond donors (Lipinski definition) is 2. The number of aliphatic imine (C=N–C) groups is 1. The topological polar surface area (TPSA) is 85.6 Å². The molecule has 1 aliphatic rings. The molecule has 0 aliphatic carbocycles. The van der Waals surface area contributed by atoms with Gasteiger partial charge in [-0.15, -0.1) is 24.0 Å². The summed E-state index contributed by atoms with van der Waals surface area (Å²) in [5.74, 6) is 2.41. The number of methoxy groups -OCH3 is 1. The third-order valence-corrected chi connectivity index (χ3v) is 4.32. The van der Waals surface area contributed by atoms with Crippen LogP contribution in [0.15, 0.2) is 29.3 Å². The van der Waals surface area contributed by atoms with Gasteiger partial charge in [-0.2, -0.15) is 13.9 Å². The van der Waals surface area contributed by atoms with Crippen molar-refractivity contribution in [1.29, 1.82) is 0 Å². The second kappa shape index (κ2) is 11.2. The molecule has 0 spiro atoms. The second-order valence-corrected chi connectivity index (χ2v) is 6.39. The van der Waals surface area contributed by atoms with E-state index < -0.39 is 6.61 Å². The first-order valence-electron chi connectivity index (χ1n) is 9.00. The molecule has 0 amide bonds. The predicted molar refractivity (Wildman–Crippen MR) is 115 cm³/mol. The highest BCUT2D eigenvalue weighted by Gasteiger charge is 2.22. The van der Waals surface area contributed by atoms with Crippen molar-refractivity contribution in [2.75, 3.05) is 14.2 Å². The van der Waals surface area contributed by atoms with Crippen LogP contribution in [0.25, 0.3) is 0 Å². The first-order chi connectivity index (χ1) is 13.6. The Labute approximate surface area is 185 Å². The number of nitrogens with one attached hydrogen (secondary N) is 2. The molecule has 1 atom stereocenters. The summed E-state index contributed by atoms with van der Waals surface area (Å²) >= 11 is 0. The summed E-state index contributed by atoms with van der Waals surface area (Å²) in [6.45, 7) is -1.32. The highest BCUT2D eigenvalue weighted by atomic mass is 127. The predicted octanol–water partition coefficient (Wildman–Crippen LogP) is 2.32. The molecule has 160 valence electrons. The molecule has 11 heteroatoms. The molecule has 2 aromatic rings. The van der Waals surface area contributed by atoms with E-state index in [-0.39, 0.29) is 35.8 Å². The van der Waals surface area contributed by atoms with Crippen LogP contribution < -0.4 is 15.4 Å². The Morgan fingerprint density at radius 3 is 2.97 bits per heavy atom. The van der Waals surface area contributed by atoms with Gasteiger partial charge in [0.15, 0.2) is 11.8 Å². The van der Waals surface area contributed by atoms with Gasteiger partial charge in [-0.05, 0) is 24.1 Å². The first-order valence-corrected chi connectivity index (χ1v) is 9.00. The second-order valence-electron chi connectivity index (χ2n) is 6.39. The zero-order valence-corrected chi connectivity index (χ0v) is 18.6. The fourth-order valence-electron chi connectivity index (χ4n) is 3.07. The molecule has 1 aliphatic heterocycles. The largest absolute Gasteiger partial charge is 0.435 e. The van der Waals surface area contributed by atoms with E-state index in [1.165, 1.54) is 6.07 Å². The average molecular weight is 522 g/mol. The first kappa shape index (κ1) is 23.3. The van der Waals surface area contributed by atoms with Crippen molar-refractivity contribution in [3.8, 4) is 5.75 Å². The number of fused-ring (bicyclic) bond motifs is 1. The summed E-state index contributed by atoms with van der Waals surface area (Å²) in [7, 11) is 3.31. The fourth-order valence-corrected chi connectivity index (χ4v) is 3.07. The number of guanidine groups is 1. The molecule has 0 saturated heterocycles. The van der Waals surface area contributed by atoms with Crippen molar-refractivity contribution in [3.63, 3.8) is 0 Å². The van der Waals surface area contributed by atoms with Gasteiger partial charge < -0.3 is 20.1 Å². The number of aromatic nitrogens is 3. The fraction of sp³-hybridized carbons (Fsp3) is 0.500. The Bertz CT molecular complexity index is 817. The Morgan fingerprint density at radius 2 is 2.24 bits per heavy atom. The lowest BCUT2D eigenvalue weighted by molar-refractivity contribution is -0.0498. The molecular weight excluding hydrogens is 497 g/mol.